The van der Waals surface area contributed by atoms with Crippen LogP contribution in [0.1, 0.15) is 22.7 Å². The van der Waals surface area contributed by atoms with E-state index < -0.39 is 0 Å². The zero-order valence-corrected chi connectivity index (χ0v) is 11.4. The van der Waals surface area contributed by atoms with Crippen LogP contribution in [0.5, 0.6) is 0 Å². The molecule has 0 aliphatic carbocycles. The highest BCUT2D eigenvalue weighted by Gasteiger charge is 2.11. The molecule has 0 aliphatic heterocycles. The molecular weight excluding hydrogens is 244 g/mol. The van der Waals surface area contributed by atoms with E-state index in [0.717, 1.165) is 17.0 Å². The van der Waals surface area contributed by atoms with Crippen molar-refractivity contribution in [3.8, 4) is 0 Å². The van der Waals surface area contributed by atoms with Gasteiger partial charge in [0.25, 0.3) is 0 Å². The molecule has 1 unspecified atom stereocenters. The van der Waals surface area contributed by atoms with Crippen molar-refractivity contribution in [2.24, 2.45) is 0 Å². The monoisotopic (exact) mass is 260 g/mol. The van der Waals surface area contributed by atoms with Gasteiger partial charge in [-0.05, 0) is 49.2 Å². The van der Waals surface area contributed by atoms with Crippen molar-refractivity contribution in [2.45, 2.75) is 19.4 Å². The van der Waals surface area contributed by atoms with Gasteiger partial charge in [-0.3, -0.25) is 4.98 Å². The third-order valence-electron chi connectivity index (χ3n) is 3.11. The number of nitrogens with one attached hydrogen (secondary N) is 1. The average Bonchev–Trinajstić information content (AvgIpc) is 2.40. The zero-order chi connectivity index (χ0) is 13.0. The Morgan fingerprint density at radius 2 is 2.17 bits per heavy atom. The van der Waals surface area contributed by atoms with Gasteiger partial charge in [0.05, 0.1) is 0 Å². The van der Waals surface area contributed by atoms with Crippen molar-refractivity contribution >= 4 is 11.6 Å². The number of hydrogen-bond acceptors (Lipinski definition) is 2. The van der Waals surface area contributed by atoms with E-state index in [2.05, 4.69) is 28.5 Å². The number of hydrogen-bond donors (Lipinski definition) is 1. The molecule has 2 nitrogen and oxygen atoms in total. The van der Waals surface area contributed by atoms with Crippen LogP contribution in [-0.4, -0.2) is 12.0 Å². The Kier molecular flexibility index (Phi) is 4.34. The fourth-order valence-electron chi connectivity index (χ4n) is 1.97. The van der Waals surface area contributed by atoms with Gasteiger partial charge in [0.2, 0.25) is 0 Å². The molecule has 2 rings (SSSR count). The molecule has 1 heterocycles. The molecule has 0 amide bonds. The first-order valence-electron chi connectivity index (χ1n) is 6.03. The standard InChI is InChI=1S/C15H17ClN2/c1-11-5-6-13(9-14(11)16)15(17-2)8-12-4-3-7-18-10-12/h3-7,9-10,15,17H,8H2,1-2H3. The summed E-state index contributed by atoms with van der Waals surface area (Å²) in [6.45, 7) is 2.02. The second-order valence-electron chi connectivity index (χ2n) is 4.42. The topological polar surface area (TPSA) is 24.9 Å². The maximum Gasteiger partial charge on any atom is 0.0438 e. The Balaban J connectivity index is 2.20. The Labute approximate surface area is 113 Å². The number of halogens is 1. The number of likely N-dealkylation sites (N-methyl/N-ethyl adjacent to an activating group) is 1. The van der Waals surface area contributed by atoms with E-state index in [-0.39, 0.29) is 6.04 Å². The summed E-state index contributed by atoms with van der Waals surface area (Å²) in [5.74, 6) is 0. The summed E-state index contributed by atoms with van der Waals surface area (Å²) in [7, 11) is 1.97. The average molecular weight is 261 g/mol. The van der Waals surface area contributed by atoms with Crippen LogP contribution in [0.2, 0.25) is 5.02 Å². The Morgan fingerprint density at radius 3 is 2.78 bits per heavy atom. The van der Waals surface area contributed by atoms with Crippen molar-refractivity contribution in [1.29, 1.82) is 0 Å². The van der Waals surface area contributed by atoms with Gasteiger partial charge in [-0.25, -0.2) is 0 Å². The molecule has 2 aromatic rings. The molecule has 0 spiro atoms. The van der Waals surface area contributed by atoms with E-state index in [9.17, 15) is 0 Å². The Hall–Kier alpha value is -1.38. The van der Waals surface area contributed by atoms with Gasteiger partial charge in [0.15, 0.2) is 0 Å². The third-order valence-corrected chi connectivity index (χ3v) is 3.52. The molecule has 0 fully saturated rings. The van der Waals surface area contributed by atoms with E-state index in [1.807, 2.05) is 32.3 Å². The van der Waals surface area contributed by atoms with Crippen LogP contribution in [0.25, 0.3) is 0 Å². The molecule has 0 bridgehead atoms. The highest BCUT2D eigenvalue weighted by atomic mass is 35.5. The van der Waals surface area contributed by atoms with Crippen molar-refractivity contribution in [3.05, 3.63) is 64.4 Å². The second kappa shape index (κ2) is 5.98. The summed E-state index contributed by atoms with van der Waals surface area (Å²) in [6, 6.07) is 10.5. The van der Waals surface area contributed by atoms with E-state index in [0.29, 0.717) is 0 Å². The summed E-state index contributed by atoms with van der Waals surface area (Å²) in [4.78, 5) is 4.14. The van der Waals surface area contributed by atoms with Crippen LogP contribution in [0.3, 0.4) is 0 Å². The highest BCUT2D eigenvalue weighted by Crippen LogP contribution is 2.23. The quantitative estimate of drug-likeness (QED) is 0.910. The summed E-state index contributed by atoms with van der Waals surface area (Å²) >= 11 is 6.18. The van der Waals surface area contributed by atoms with Gasteiger partial charge < -0.3 is 5.32 Å². The van der Waals surface area contributed by atoms with E-state index in [1.54, 1.807) is 6.20 Å². The van der Waals surface area contributed by atoms with Crippen LogP contribution in [0.4, 0.5) is 0 Å². The van der Waals surface area contributed by atoms with Crippen molar-refractivity contribution in [2.75, 3.05) is 7.05 Å². The van der Waals surface area contributed by atoms with Crippen LogP contribution in [-0.2, 0) is 6.42 Å². The fourth-order valence-corrected chi connectivity index (χ4v) is 2.16. The summed E-state index contributed by atoms with van der Waals surface area (Å²) in [6.07, 6.45) is 4.60. The van der Waals surface area contributed by atoms with Gasteiger partial charge in [-0.2, -0.15) is 0 Å². The predicted molar refractivity (Wildman–Crippen MR) is 75.9 cm³/mol. The minimum atomic E-state index is 0.257. The maximum absolute atomic E-state index is 6.18. The molecule has 3 heteroatoms. The van der Waals surface area contributed by atoms with E-state index in [1.165, 1.54) is 11.1 Å². The fraction of sp³-hybridized carbons (Fsp3) is 0.267. The lowest BCUT2D eigenvalue weighted by atomic mass is 9.99. The normalized spacial score (nSPS) is 12.4. The molecule has 1 atom stereocenters. The largest absolute Gasteiger partial charge is 0.313 e. The molecule has 1 N–H and O–H groups in total. The first kappa shape index (κ1) is 13.1. The van der Waals surface area contributed by atoms with Crippen molar-refractivity contribution in [1.82, 2.24) is 10.3 Å². The first-order valence-corrected chi connectivity index (χ1v) is 6.40. The number of nitrogens with zero attached hydrogens (tertiary/aromatic N) is 1. The molecule has 94 valence electrons. The minimum absolute atomic E-state index is 0.257. The SMILES string of the molecule is CNC(Cc1cccnc1)c1ccc(C)c(Cl)c1. The molecule has 18 heavy (non-hydrogen) atoms. The summed E-state index contributed by atoms with van der Waals surface area (Å²) < 4.78 is 0. The smallest absolute Gasteiger partial charge is 0.0438 e. The highest BCUT2D eigenvalue weighted by molar-refractivity contribution is 6.31. The molecule has 1 aromatic carbocycles. The molecular formula is C15H17ClN2. The van der Waals surface area contributed by atoms with E-state index in [4.69, 9.17) is 11.6 Å². The van der Waals surface area contributed by atoms with Crippen molar-refractivity contribution < 1.29 is 0 Å². The molecule has 0 saturated heterocycles. The van der Waals surface area contributed by atoms with Crippen LogP contribution in [0, 0.1) is 6.92 Å². The van der Waals surface area contributed by atoms with E-state index >= 15 is 0 Å². The lowest BCUT2D eigenvalue weighted by Gasteiger charge is -2.17. The lowest BCUT2D eigenvalue weighted by Crippen LogP contribution is -2.18. The van der Waals surface area contributed by atoms with Gasteiger partial charge in [0, 0.05) is 23.5 Å². The maximum atomic E-state index is 6.18. The lowest BCUT2D eigenvalue weighted by molar-refractivity contribution is 0.591. The van der Waals surface area contributed by atoms with Gasteiger partial charge in [0.1, 0.15) is 0 Å². The Morgan fingerprint density at radius 1 is 1.33 bits per heavy atom. The summed E-state index contributed by atoms with van der Waals surface area (Å²) in [5, 5.41) is 4.15. The molecule has 0 aliphatic rings. The number of benzene rings is 1. The van der Waals surface area contributed by atoms with Crippen LogP contribution >= 0.6 is 11.6 Å². The number of pyridine rings is 1. The number of aryl methyl sites for hydroxylation is 1. The molecule has 0 radical (unpaired) electrons. The van der Waals surface area contributed by atoms with Crippen molar-refractivity contribution in [3.63, 3.8) is 0 Å². The van der Waals surface area contributed by atoms with Gasteiger partial charge >= 0.3 is 0 Å². The zero-order valence-electron chi connectivity index (χ0n) is 10.7. The minimum Gasteiger partial charge on any atom is -0.313 e. The van der Waals surface area contributed by atoms with Gasteiger partial charge in [-0.1, -0.05) is 29.8 Å². The summed E-state index contributed by atoms with van der Waals surface area (Å²) in [5.41, 5.74) is 3.53. The predicted octanol–water partition coefficient (Wildman–Crippen LogP) is 3.55. The Bertz CT molecular complexity index is 511. The first-order chi connectivity index (χ1) is 8.70. The van der Waals surface area contributed by atoms with Crippen LogP contribution < -0.4 is 5.32 Å². The third kappa shape index (κ3) is 3.09. The molecule has 1 aromatic heterocycles. The second-order valence-corrected chi connectivity index (χ2v) is 4.82. The number of rotatable bonds is 4. The van der Waals surface area contributed by atoms with Gasteiger partial charge in [-0.15, -0.1) is 0 Å². The molecule has 0 saturated carbocycles. The number of aromatic nitrogens is 1. The van der Waals surface area contributed by atoms with Crippen LogP contribution in [0.15, 0.2) is 42.7 Å².